The van der Waals surface area contributed by atoms with Gasteiger partial charge in [-0.05, 0) is 44.9 Å². The molecule has 4 nitrogen and oxygen atoms in total. The van der Waals surface area contributed by atoms with E-state index in [2.05, 4.69) is 43.5 Å². The van der Waals surface area contributed by atoms with E-state index in [-0.39, 0.29) is 12.5 Å². The summed E-state index contributed by atoms with van der Waals surface area (Å²) in [6, 6.07) is -0.645. The summed E-state index contributed by atoms with van der Waals surface area (Å²) < 4.78 is 0. The monoisotopic (exact) mass is 968 g/mol. The molecule has 0 heterocycles. The number of allylic oxidation sites excluding steroid dienone is 5. The van der Waals surface area contributed by atoms with Crippen molar-refractivity contribution in [1.82, 2.24) is 5.32 Å². The van der Waals surface area contributed by atoms with E-state index in [4.69, 9.17) is 0 Å². The predicted octanol–water partition coefficient (Wildman–Crippen LogP) is 21.2. The Morgan fingerprint density at radius 1 is 0.333 bits per heavy atom. The molecule has 4 heteroatoms. The number of aliphatic hydroxyl groups excluding tert-OH is 2. The third-order valence-electron chi connectivity index (χ3n) is 14.9. The van der Waals surface area contributed by atoms with Crippen LogP contribution in [0.1, 0.15) is 354 Å². The summed E-state index contributed by atoms with van der Waals surface area (Å²) in [6.07, 6.45) is 83.5. The molecule has 2 atom stereocenters. The van der Waals surface area contributed by atoms with Crippen LogP contribution in [0.25, 0.3) is 0 Å². The van der Waals surface area contributed by atoms with Crippen LogP contribution in [0, 0.1) is 0 Å². The van der Waals surface area contributed by atoms with Gasteiger partial charge in [-0.25, -0.2) is 0 Å². The third kappa shape index (κ3) is 57.4. The highest BCUT2D eigenvalue weighted by molar-refractivity contribution is 5.76. The van der Waals surface area contributed by atoms with Gasteiger partial charge >= 0.3 is 0 Å². The van der Waals surface area contributed by atoms with Crippen LogP contribution in [0.15, 0.2) is 36.5 Å². The standard InChI is InChI=1S/C65H125NO3/c1-3-5-7-9-11-13-15-17-19-21-23-25-27-29-30-31-32-33-34-35-37-38-40-42-44-46-48-50-52-54-56-58-60-64(68)63(62-67)66-65(69)61-59-57-55-53-51-49-47-45-43-41-39-36-28-26-24-22-20-18-16-14-12-10-8-6-4-2/h42,44,50,52,58,60,63-64,67-68H,3-41,43,45-49,51,53-57,59,61-62H2,1-2H3,(H,66,69)/b44-42+,52-50+,60-58+. The van der Waals surface area contributed by atoms with Crippen LogP contribution in [-0.2, 0) is 4.79 Å². The lowest BCUT2D eigenvalue weighted by molar-refractivity contribution is -0.123. The molecule has 0 saturated heterocycles. The number of hydrogen-bond acceptors (Lipinski definition) is 3. The summed E-state index contributed by atoms with van der Waals surface area (Å²) in [4.78, 5) is 12.5. The van der Waals surface area contributed by atoms with Gasteiger partial charge in [-0.3, -0.25) is 4.79 Å². The van der Waals surface area contributed by atoms with Crippen LogP contribution in [0.2, 0.25) is 0 Å². The Balaban J connectivity index is 3.49. The molecule has 0 aliphatic heterocycles. The summed E-state index contributed by atoms with van der Waals surface area (Å²) in [6.45, 7) is 4.34. The Morgan fingerprint density at radius 3 is 0.841 bits per heavy atom. The van der Waals surface area contributed by atoms with Crippen molar-refractivity contribution in [2.75, 3.05) is 6.61 Å². The van der Waals surface area contributed by atoms with Crippen LogP contribution in [0.5, 0.6) is 0 Å². The second-order valence-electron chi connectivity index (χ2n) is 21.8. The minimum atomic E-state index is -0.870. The number of rotatable bonds is 59. The Morgan fingerprint density at radius 2 is 0.565 bits per heavy atom. The van der Waals surface area contributed by atoms with Crippen LogP contribution in [0.3, 0.4) is 0 Å². The molecular formula is C65H125NO3. The van der Waals surface area contributed by atoms with Gasteiger partial charge in [0.25, 0.3) is 0 Å². The van der Waals surface area contributed by atoms with Gasteiger partial charge in [0.2, 0.25) is 5.91 Å². The largest absolute Gasteiger partial charge is 0.394 e. The minimum Gasteiger partial charge on any atom is -0.394 e. The summed E-state index contributed by atoms with van der Waals surface area (Å²) in [7, 11) is 0. The molecule has 0 rings (SSSR count). The second kappa shape index (κ2) is 60.9. The molecular weight excluding hydrogens is 843 g/mol. The fourth-order valence-electron chi connectivity index (χ4n) is 10.0. The van der Waals surface area contributed by atoms with Crippen molar-refractivity contribution < 1.29 is 15.0 Å². The van der Waals surface area contributed by atoms with E-state index in [0.29, 0.717) is 6.42 Å². The van der Waals surface area contributed by atoms with E-state index in [1.807, 2.05) is 6.08 Å². The van der Waals surface area contributed by atoms with E-state index >= 15 is 0 Å². The van der Waals surface area contributed by atoms with Crippen LogP contribution in [-0.4, -0.2) is 34.9 Å². The van der Waals surface area contributed by atoms with Crippen molar-refractivity contribution in [2.24, 2.45) is 0 Å². The molecule has 3 N–H and O–H groups in total. The van der Waals surface area contributed by atoms with E-state index in [9.17, 15) is 15.0 Å². The first-order chi connectivity index (χ1) is 34.2. The fourth-order valence-corrected chi connectivity index (χ4v) is 10.0. The number of nitrogens with one attached hydrogen (secondary N) is 1. The normalized spacial score (nSPS) is 12.9. The predicted molar refractivity (Wildman–Crippen MR) is 308 cm³/mol. The summed E-state index contributed by atoms with van der Waals surface area (Å²) in [5.74, 6) is -0.0707. The molecule has 0 aromatic heterocycles. The van der Waals surface area contributed by atoms with Gasteiger partial charge in [0.1, 0.15) is 0 Å². The Hall–Kier alpha value is -1.39. The highest BCUT2D eigenvalue weighted by atomic mass is 16.3. The van der Waals surface area contributed by atoms with Gasteiger partial charge in [0.05, 0.1) is 18.8 Å². The SMILES string of the molecule is CCCCCCCCCCCCCCCCCCCCCCCC/C=C/CC/C=C/CC/C=C/C(O)C(CO)NC(=O)CCCCCCCCCCCCCCCCCCCCCCCCCCC. The third-order valence-corrected chi connectivity index (χ3v) is 14.9. The molecule has 408 valence electrons. The minimum absolute atomic E-state index is 0.0707. The molecule has 0 spiro atoms. The molecule has 0 saturated carbocycles. The van der Waals surface area contributed by atoms with E-state index in [1.165, 1.54) is 295 Å². The lowest BCUT2D eigenvalue weighted by Crippen LogP contribution is -2.45. The van der Waals surface area contributed by atoms with Gasteiger partial charge < -0.3 is 15.5 Å². The number of carbonyl (C=O) groups is 1. The van der Waals surface area contributed by atoms with Crippen LogP contribution < -0.4 is 5.32 Å². The van der Waals surface area contributed by atoms with Crippen molar-refractivity contribution >= 4 is 5.91 Å². The maximum atomic E-state index is 12.5. The summed E-state index contributed by atoms with van der Waals surface area (Å²) >= 11 is 0. The van der Waals surface area contributed by atoms with Crippen molar-refractivity contribution in [1.29, 1.82) is 0 Å². The maximum Gasteiger partial charge on any atom is 0.220 e. The number of carbonyl (C=O) groups excluding carboxylic acids is 1. The van der Waals surface area contributed by atoms with Crippen molar-refractivity contribution in [3.05, 3.63) is 36.5 Å². The molecule has 1 amide bonds. The van der Waals surface area contributed by atoms with E-state index in [0.717, 1.165) is 38.5 Å². The van der Waals surface area contributed by atoms with Crippen molar-refractivity contribution in [2.45, 2.75) is 366 Å². The molecule has 0 aliphatic rings. The summed E-state index contributed by atoms with van der Waals surface area (Å²) in [5.41, 5.74) is 0. The average Bonchev–Trinajstić information content (AvgIpc) is 3.35. The first kappa shape index (κ1) is 67.6. The average molecular weight is 969 g/mol. The maximum absolute atomic E-state index is 12.5. The highest BCUT2D eigenvalue weighted by Gasteiger charge is 2.18. The Labute approximate surface area is 433 Å². The number of hydrogen-bond donors (Lipinski definition) is 3. The zero-order chi connectivity index (χ0) is 49.9. The van der Waals surface area contributed by atoms with Gasteiger partial charge in [0.15, 0.2) is 0 Å². The quantitative estimate of drug-likeness (QED) is 0.0420. The second-order valence-corrected chi connectivity index (χ2v) is 21.8. The number of amides is 1. The zero-order valence-corrected chi connectivity index (χ0v) is 47.1. The van der Waals surface area contributed by atoms with Gasteiger partial charge in [0, 0.05) is 6.42 Å². The lowest BCUT2D eigenvalue weighted by Gasteiger charge is -2.19. The molecule has 0 aromatic carbocycles. The molecule has 0 fully saturated rings. The molecule has 0 aromatic rings. The Bertz CT molecular complexity index is 1050. The molecule has 2 unspecified atom stereocenters. The molecule has 0 aliphatic carbocycles. The van der Waals surface area contributed by atoms with E-state index in [1.54, 1.807) is 6.08 Å². The van der Waals surface area contributed by atoms with E-state index < -0.39 is 12.1 Å². The van der Waals surface area contributed by atoms with Gasteiger partial charge in [-0.15, -0.1) is 0 Å². The van der Waals surface area contributed by atoms with Crippen LogP contribution in [0.4, 0.5) is 0 Å². The summed E-state index contributed by atoms with van der Waals surface area (Å²) in [5, 5.41) is 23.2. The first-order valence-electron chi connectivity index (χ1n) is 31.7. The van der Waals surface area contributed by atoms with Crippen molar-refractivity contribution in [3.63, 3.8) is 0 Å². The lowest BCUT2D eigenvalue weighted by atomic mass is 10.0. The smallest absolute Gasteiger partial charge is 0.220 e. The molecule has 69 heavy (non-hydrogen) atoms. The number of aliphatic hydroxyl groups is 2. The highest BCUT2D eigenvalue weighted by Crippen LogP contribution is 2.18. The first-order valence-corrected chi connectivity index (χ1v) is 31.7. The van der Waals surface area contributed by atoms with Crippen LogP contribution >= 0.6 is 0 Å². The van der Waals surface area contributed by atoms with Crippen molar-refractivity contribution in [3.8, 4) is 0 Å². The topological polar surface area (TPSA) is 69.6 Å². The Kier molecular flexibility index (Phi) is 59.7. The van der Waals surface area contributed by atoms with Gasteiger partial charge in [-0.1, -0.05) is 339 Å². The zero-order valence-electron chi connectivity index (χ0n) is 47.1. The van der Waals surface area contributed by atoms with Gasteiger partial charge in [-0.2, -0.15) is 0 Å². The molecule has 0 bridgehead atoms. The molecule has 0 radical (unpaired) electrons. The fraction of sp³-hybridized carbons (Fsp3) is 0.892. The number of unbranched alkanes of at least 4 members (excludes halogenated alkanes) is 48.